The molecule has 0 saturated heterocycles. The Hall–Kier alpha value is -7.14. The van der Waals surface area contributed by atoms with E-state index in [4.69, 9.17) is 9.97 Å². The summed E-state index contributed by atoms with van der Waals surface area (Å²) in [5.74, 6) is 0.733. The van der Waals surface area contributed by atoms with E-state index in [9.17, 15) is 0 Å². The molecule has 4 heteroatoms. The molecule has 0 bridgehead atoms. The largest absolute Gasteiger partial charge is 0.309 e. The van der Waals surface area contributed by atoms with Crippen LogP contribution in [0.5, 0.6) is 0 Å². The number of hydrogen-bond donors (Lipinski definition) is 0. The van der Waals surface area contributed by atoms with Crippen molar-refractivity contribution in [3.8, 4) is 61.7 Å². The number of rotatable bonds is 6. The fourth-order valence-electron chi connectivity index (χ4n) is 8.17. The highest BCUT2D eigenvalue weighted by Crippen LogP contribution is 2.43. The third-order valence-corrected chi connectivity index (χ3v) is 12.0. The van der Waals surface area contributed by atoms with E-state index in [1.165, 1.54) is 59.9 Å². The molecular formula is C52H33N3S. The molecule has 0 aliphatic heterocycles. The molecule has 0 unspecified atom stereocenters. The molecule has 0 N–H and O–H groups in total. The molecule has 8 aromatic carbocycles. The van der Waals surface area contributed by atoms with Crippen LogP contribution in [0.25, 0.3) is 104 Å². The molecule has 11 aromatic rings. The Balaban J connectivity index is 1.07. The van der Waals surface area contributed by atoms with E-state index in [0.717, 1.165) is 43.9 Å². The number of aromatic nitrogens is 3. The summed E-state index contributed by atoms with van der Waals surface area (Å²) >= 11 is 1.77. The lowest BCUT2D eigenvalue weighted by atomic mass is 9.97. The van der Waals surface area contributed by atoms with Crippen molar-refractivity contribution >= 4 is 53.4 Å². The van der Waals surface area contributed by atoms with Crippen molar-refractivity contribution in [2.24, 2.45) is 0 Å². The van der Waals surface area contributed by atoms with Crippen LogP contribution in [0.1, 0.15) is 0 Å². The van der Waals surface area contributed by atoms with Gasteiger partial charge in [-0.25, -0.2) is 9.97 Å². The maximum atomic E-state index is 5.26. The van der Waals surface area contributed by atoms with Gasteiger partial charge in [-0.05, 0) is 64.2 Å². The zero-order chi connectivity index (χ0) is 37.0. The highest BCUT2D eigenvalue weighted by Gasteiger charge is 2.19. The monoisotopic (exact) mass is 731 g/mol. The highest BCUT2D eigenvalue weighted by atomic mass is 32.1. The summed E-state index contributed by atoms with van der Waals surface area (Å²) in [6, 6.07) is 71.5. The Bertz CT molecular complexity index is 3240. The molecular weight excluding hydrogens is 699 g/mol. The summed E-state index contributed by atoms with van der Waals surface area (Å²) in [5, 5.41) is 3.64. The summed E-state index contributed by atoms with van der Waals surface area (Å²) in [6.45, 7) is 0. The van der Waals surface area contributed by atoms with Crippen molar-refractivity contribution < 1.29 is 0 Å². The molecule has 0 amide bonds. The minimum atomic E-state index is 0.733. The summed E-state index contributed by atoms with van der Waals surface area (Å²) in [7, 11) is 0. The molecule has 56 heavy (non-hydrogen) atoms. The van der Waals surface area contributed by atoms with Crippen molar-refractivity contribution in [1.29, 1.82) is 0 Å². The molecule has 3 aromatic heterocycles. The fourth-order valence-corrected chi connectivity index (χ4v) is 9.37. The summed E-state index contributed by atoms with van der Waals surface area (Å²) < 4.78 is 4.69. The number of para-hydroxylation sites is 3. The van der Waals surface area contributed by atoms with Crippen LogP contribution in [0, 0.1) is 0 Å². The highest BCUT2D eigenvalue weighted by molar-refractivity contribution is 7.26. The van der Waals surface area contributed by atoms with Crippen molar-refractivity contribution in [3.63, 3.8) is 0 Å². The van der Waals surface area contributed by atoms with Crippen LogP contribution in [0.4, 0.5) is 0 Å². The summed E-state index contributed by atoms with van der Waals surface area (Å²) in [5.41, 5.74) is 14.7. The van der Waals surface area contributed by atoms with Gasteiger partial charge >= 0.3 is 0 Å². The lowest BCUT2D eigenvalue weighted by Crippen LogP contribution is -1.95. The van der Waals surface area contributed by atoms with E-state index in [1.807, 2.05) is 18.2 Å². The van der Waals surface area contributed by atoms with Crippen molar-refractivity contribution in [3.05, 3.63) is 200 Å². The van der Waals surface area contributed by atoms with Crippen LogP contribution >= 0.6 is 11.3 Å². The van der Waals surface area contributed by atoms with Crippen LogP contribution in [0.2, 0.25) is 0 Å². The Kier molecular flexibility index (Phi) is 7.68. The SMILES string of the molecule is c1ccc(-c2cccc(-c3nc(-c4ccccc4)nc4c3sc3cc(-c5cccc(-c6cccc7c8ccccc8n(-c8ccccc8)c67)c5)ccc34)c2)cc1. The molecule has 3 heterocycles. The molecule has 0 atom stereocenters. The van der Waals surface area contributed by atoms with Crippen LogP contribution in [-0.2, 0) is 0 Å². The van der Waals surface area contributed by atoms with E-state index in [1.54, 1.807) is 11.3 Å². The number of nitrogens with zero attached hydrogens (tertiary/aromatic N) is 3. The second-order valence-corrected chi connectivity index (χ2v) is 15.2. The third kappa shape index (κ3) is 5.42. The fraction of sp³-hybridized carbons (Fsp3) is 0. The molecule has 0 radical (unpaired) electrons. The molecule has 0 fully saturated rings. The predicted octanol–water partition coefficient (Wildman–Crippen LogP) is 14.3. The number of hydrogen-bond acceptors (Lipinski definition) is 3. The minimum Gasteiger partial charge on any atom is -0.309 e. The quantitative estimate of drug-likeness (QED) is 0.170. The van der Waals surface area contributed by atoms with Crippen molar-refractivity contribution in [2.45, 2.75) is 0 Å². The van der Waals surface area contributed by atoms with Crippen LogP contribution in [-0.4, -0.2) is 14.5 Å². The average Bonchev–Trinajstić information content (AvgIpc) is 3.82. The van der Waals surface area contributed by atoms with Gasteiger partial charge in [0.15, 0.2) is 5.82 Å². The van der Waals surface area contributed by atoms with Gasteiger partial charge in [-0.2, -0.15) is 0 Å². The maximum absolute atomic E-state index is 5.26. The first-order valence-corrected chi connectivity index (χ1v) is 19.7. The second kappa shape index (κ2) is 13.3. The van der Waals surface area contributed by atoms with Gasteiger partial charge in [-0.3, -0.25) is 0 Å². The zero-order valence-electron chi connectivity index (χ0n) is 30.3. The molecule has 3 nitrogen and oxygen atoms in total. The zero-order valence-corrected chi connectivity index (χ0v) is 31.1. The van der Waals surface area contributed by atoms with Crippen molar-refractivity contribution in [2.75, 3.05) is 0 Å². The Morgan fingerprint density at radius 3 is 1.79 bits per heavy atom. The van der Waals surface area contributed by atoms with Crippen LogP contribution < -0.4 is 0 Å². The minimum absolute atomic E-state index is 0.733. The summed E-state index contributed by atoms with van der Waals surface area (Å²) in [4.78, 5) is 10.5. The molecule has 0 saturated carbocycles. The number of fused-ring (bicyclic) bond motifs is 6. The first kappa shape index (κ1) is 32.3. The van der Waals surface area contributed by atoms with Gasteiger partial charge in [0.1, 0.15) is 0 Å². The van der Waals surface area contributed by atoms with E-state index in [-0.39, 0.29) is 0 Å². The van der Waals surface area contributed by atoms with E-state index in [0.29, 0.717) is 0 Å². The molecule has 11 rings (SSSR count). The smallest absolute Gasteiger partial charge is 0.160 e. The topological polar surface area (TPSA) is 30.7 Å². The number of benzene rings is 8. The van der Waals surface area contributed by atoms with Crippen LogP contribution in [0.3, 0.4) is 0 Å². The van der Waals surface area contributed by atoms with E-state index < -0.39 is 0 Å². The standard InChI is InChI=1S/C52H33N3S/c1-4-15-34(16-5-1)36-19-13-22-40(32-36)48-51-49(54-52(53-48)35-17-6-2-7-18-35)45-30-29-38(33-47(45)56-51)37-20-12-21-39(31-37)42-26-14-27-44-43-25-10-11-28-46(43)55(50(42)44)41-23-8-3-9-24-41/h1-33H. The first-order chi connectivity index (χ1) is 27.8. The molecule has 0 spiro atoms. The van der Waals surface area contributed by atoms with Crippen molar-refractivity contribution in [1.82, 2.24) is 14.5 Å². The number of thiophene rings is 1. The van der Waals surface area contributed by atoms with Gasteiger partial charge in [0.2, 0.25) is 0 Å². The Morgan fingerprint density at radius 2 is 0.982 bits per heavy atom. The second-order valence-electron chi connectivity index (χ2n) is 14.2. The third-order valence-electron chi connectivity index (χ3n) is 10.8. The Labute approximate surface area is 328 Å². The van der Waals surface area contributed by atoms with Gasteiger partial charge in [0.25, 0.3) is 0 Å². The lowest BCUT2D eigenvalue weighted by molar-refractivity contribution is 1.18. The van der Waals surface area contributed by atoms with Crippen LogP contribution in [0.15, 0.2) is 200 Å². The maximum Gasteiger partial charge on any atom is 0.160 e. The molecule has 262 valence electrons. The van der Waals surface area contributed by atoms with Gasteiger partial charge in [0, 0.05) is 43.2 Å². The lowest BCUT2D eigenvalue weighted by Gasteiger charge is -2.12. The van der Waals surface area contributed by atoms with E-state index in [2.05, 4.69) is 187 Å². The normalized spacial score (nSPS) is 11.6. The molecule has 0 aliphatic carbocycles. The first-order valence-electron chi connectivity index (χ1n) is 18.9. The Morgan fingerprint density at radius 1 is 0.393 bits per heavy atom. The molecule has 0 aliphatic rings. The van der Waals surface area contributed by atoms with Gasteiger partial charge in [-0.15, -0.1) is 11.3 Å². The average molecular weight is 732 g/mol. The predicted molar refractivity (Wildman–Crippen MR) is 236 cm³/mol. The van der Waals surface area contributed by atoms with Gasteiger partial charge in [0.05, 0.1) is 26.9 Å². The van der Waals surface area contributed by atoms with Gasteiger partial charge in [-0.1, -0.05) is 164 Å². The van der Waals surface area contributed by atoms with Gasteiger partial charge < -0.3 is 4.57 Å². The van der Waals surface area contributed by atoms with E-state index >= 15 is 0 Å². The summed E-state index contributed by atoms with van der Waals surface area (Å²) in [6.07, 6.45) is 0.